The minimum Gasteiger partial charge on any atom is -0.480 e. The lowest BCUT2D eigenvalue weighted by Gasteiger charge is -2.13. The number of aliphatic carboxylic acids is 1. The summed E-state index contributed by atoms with van der Waals surface area (Å²) < 4.78 is 0. The van der Waals surface area contributed by atoms with Crippen LogP contribution in [-0.2, 0) is 17.6 Å². The molecule has 1 aliphatic rings. The van der Waals surface area contributed by atoms with Crippen molar-refractivity contribution in [3.63, 3.8) is 0 Å². The van der Waals surface area contributed by atoms with Gasteiger partial charge in [0.15, 0.2) is 0 Å². The summed E-state index contributed by atoms with van der Waals surface area (Å²) in [4.78, 5) is 12.1. The lowest BCUT2D eigenvalue weighted by atomic mass is 9.93. The molecule has 0 spiro atoms. The van der Waals surface area contributed by atoms with E-state index in [0.29, 0.717) is 12.3 Å². The lowest BCUT2D eigenvalue weighted by Crippen LogP contribution is -2.32. The van der Waals surface area contributed by atoms with Gasteiger partial charge in [-0.2, -0.15) is 0 Å². The van der Waals surface area contributed by atoms with E-state index in [4.69, 9.17) is 10.8 Å². The Morgan fingerprint density at radius 1 is 1.75 bits per heavy atom. The zero-order valence-electron chi connectivity index (χ0n) is 9.14. The minimum absolute atomic E-state index is 0.417. The monoisotopic (exact) mass is 237 g/mol. The van der Waals surface area contributed by atoms with E-state index in [9.17, 15) is 4.79 Å². The molecule has 0 saturated carbocycles. The summed E-state index contributed by atoms with van der Waals surface area (Å²) in [6.07, 6.45) is 5.74. The van der Waals surface area contributed by atoms with Gasteiger partial charge < -0.3 is 10.8 Å². The van der Waals surface area contributed by atoms with E-state index in [2.05, 4.69) is 19.1 Å². The maximum Gasteiger partial charge on any atom is 0.320 e. The van der Waals surface area contributed by atoms with E-state index in [-0.39, 0.29) is 0 Å². The smallest absolute Gasteiger partial charge is 0.320 e. The van der Waals surface area contributed by atoms with Crippen molar-refractivity contribution in [1.82, 2.24) is 0 Å². The van der Waals surface area contributed by atoms with Gasteiger partial charge in [0.05, 0.1) is 0 Å². The summed E-state index contributed by atoms with van der Waals surface area (Å²) in [6, 6.07) is -0.800. The zero-order chi connectivity index (χ0) is 11.7. The molecule has 1 heterocycles. The number of hydrogen-bond donors (Lipinski definition) is 2. The first-order valence-electron chi connectivity index (χ1n) is 5.33. The molecule has 2 unspecified atom stereocenters. The van der Waals surface area contributed by atoms with Gasteiger partial charge in [-0.15, -0.1) is 11.3 Å². The van der Waals surface area contributed by atoms with E-state index in [1.54, 1.807) is 11.3 Å². The number of fused-ring (bicyclic) bond motifs is 1. The first-order valence-corrected chi connectivity index (χ1v) is 6.21. The Bertz CT molecular complexity index is 436. The van der Waals surface area contributed by atoms with Crippen LogP contribution >= 0.6 is 11.3 Å². The molecule has 4 heteroatoms. The van der Waals surface area contributed by atoms with Crippen LogP contribution < -0.4 is 5.73 Å². The highest BCUT2D eigenvalue weighted by Gasteiger charge is 2.19. The van der Waals surface area contributed by atoms with Gasteiger partial charge in [0.25, 0.3) is 0 Å². The van der Waals surface area contributed by atoms with E-state index in [1.807, 2.05) is 5.38 Å². The SMILES string of the molecule is CC1C=Cc2c(CC(N)C(=O)O)csc2C1. The molecule has 1 aromatic rings. The first kappa shape index (κ1) is 11.4. The molecule has 0 amide bonds. The van der Waals surface area contributed by atoms with Crippen molar-refractivity contribution in [2.75, 3.05) is 0 Å². The predicted molar refractivity (Wildman–Crippen MR) is 65.5 cm³/mol. The first-order chi connectivity index (χ1) is 7.58. The molecule has 0 bridgehead atoms. The molecule has 86 valence electrons. The van der Waals surface area contributed by atoms with Gasteiger partial charge in [-0.05, 0) is 35.3 Å². The quantitative estimate of drug-likeness (QED) is 0.844. The van der Waals surface area contributed by atoms with Gasteiger partial charge in [-0.3, -0.25) is 4.79 Å². The highest BCUT2D eigenvalue weighted by atomic mass is 32.1. The number of thiophene rings is 1. The van der Waals surface area contributed by atoms with Crippen LogP contribution in [0.1, 0.15) is 22.9 Å². The second-order valence-electron chi connectivity index (χ2n) is 4.29. The molecule has 1 aliphatic carbocycles. The molecule has 2 atom stereocenters. The largest absolute Gasteiger partial charge is 0.480 e. The fraction of sp³-hybridized carbons (Fsp3) is 0.417. The Morgan fingerprint density at radius 3 is 3.19 bits per heavy atom. The minimum atomic E-state index is -0.937. The van der Waals surface area contributed by atoms with Gasteiger partial charge in [0.2, 0.25) is 0 Å². The second-order valence-corrected chi connectivity index (χ2v) is 5.25. The van der Waals surface area contributed by atoms with Crippen LogP contribution in [0.15, 0.2) is 11.5 Å². The second kappa shape index (κ2) is 4.39. The normalized spacial score (nSPS) is 20.5. The van der Waals surface area contributed by atoms with Crippen molar-refractivity contribution in [2.24, 2.45) is 11.7 Å². The molecule has 16 heavy (non-hydrogen) atoms. The average molecular weight is 237 g/mol. The molecule has 0 radical (unpaired) electrons. The van der Waals surface area contributed by atoms with Crippen molar-refractivity contribution in [1.29, 1.82) is 0 Å². The molecule has 3 N–H and O–H groups in total. The predicted octanol–water partition coefficient (Wildman–Crippen LogP) is 1.91. The Morgan fingerprint density at radius 2 is 2.50 bits per heavy atom. The summed E-state index contributed by atoms with van der Waals surface area (Å²) in [5.74, 6) is -0.361. The maximum atomic E-state index is 10.7. The zero-order valence-corrected chi connectivity index (χ0v) is 9.96. The molecule has 0 fully saturated rings. The third kappa shape index (κ3) is 2.18. The molecule has 0 aromatic carbocycles. The summed E-state index contributed by atoms with van der Waals surface area (Å²) in [5, 5.41) is 10.8. The van der Waals surface area contributed by atoms with Crippen LogP contribution in [0.4, 0.5) is 0 Å². The van der Waals surface area contributed by atoms with E-state index in [0.717, 1.165) is 12.0 Å². The van der Waals surface area contributed by atoms with E-state index < -0.39 is 12.0 Å². The molecule has 2 rings (SSSR count). The number of carboxylic acids is 1. The molecular formula is C12H15NO2S. The maximum absolute atomic E-state index is 10.7. The highest BCUT2D eigenvalue weighted by molar-refractivity contribution is 7.10. The van der Waals surface area contributed by atoms with Gasteiger partial charge in [-0.1, -0.05) is 19.1 Å². The molecule has 0 saturated heterocycles. The van der Waals surface area contributed by atoms with Crippen LogP contribution in [0.5, 0.6) is 0 Å². The number of allylic oxidation sites excluding steroid dienone is 1. The standard InChI is InChI=1S/C12H15NO2S/c1-7-2-3-9-8(5-10(13)12(14)15)6-16-11(9)4-7/h2-3,6-7,10H,4-5,13H2,1H3,(H,14,15). The molecular weight excluding hydrogens is 222 g/mol. The van der Waals surface area contributed by atoms with Crippen molar-refractivity contribution in [3.05, 3.63) is 27.5 Å². The van der Waals surface area contributed by atoms with Crippen molar-refractivity contribution >= 4 is 23.4 Å². The summed E-state index contributed by atoms with van der Waals surface area (Å²) in [7, 11) is 0. The average Bonchev–Trinajstić information content (AvgIpc) is 2.60. The third-order valence-electron chi connectivity index (χ3n) is 2.85. The lowest BCUT2D eigenvalue weighted by molar-refractivity contribution is -0.138. The fourth-order valence-electron chi connectivity index (χ4n) is 1.91. The van der Waals surface area contributed by atoms with Gasteiger partial charge in [0.1, 0.15) is 6.04 Å². The number of carboxylic acid groups (broad SMARTS) is 1. The number of rotatable bonds is 3. The van der Waals surface area contributed by atoms with Gasteiger partial charge >= 0.3 is 5.97 Å². The number of carbonyl (C=O) groups is 1. The summed E-state index contributed by atoms with van der Waals surface area (Å²) in [6.45, 7) is 2.18. The molecule has 1 aromatic heterocycles. The Balaban J connectivity index is 2.20. The van der Waals surface area contributed by atoms with Crippen LogP contribution in [0.25, 0.3) is 6.08 Å². The topological polar surface area (TPSA) is 63.3 Å². The van der Waals surface area contributed by atoms with Gasteiger partial charge in [-0.25, -0.2) is 0 Å². The van der Waals surface area contributed by atoms with Crippen molar-refractivity contribution in [3.8, 4) is 0 Å². The van der Waals surface area contributed by atoms with Crippen molar-refractivity contribution < 1.29 is 9.90 Å². The van der Waals surface area contributed by atoms with Gasteiger partial charge in [0, 0.05) is 4.88 Å². The van der Waals surface area contributed by atoms with Crippen LogP contribution in [0.3, 0.4) is 0 Å². The Hall–Kier alpha value is -1.13. The third-order valence-corrected chi connectivity index (χ3v) is 3.92. The number of hydrogen-bond acceptors (Lipinski definition) is 3. The fourth-order valence-corrected chi connectivity index (χ4v) is 3.10. The van der Waals surface area contributed by atoms with E-state index in [1.165, 1.54) is 10.4 Å². The van der Waals surface area contributed by atoms with Crippen molar-refractivity contribution in [2.45, 2.75) is 25.8 Å². The van der Waals surface area contributed by atoms with Crippen LogP contribution in [-0.4, -0.2) is 17.1 Å². The van der Waals surface area contributed by atoms with E-state index >= 15 is 0 Å². The van der Waals surface area contributed by atoms with Crippen LogP contribution in [0, 0.1) is 5.92 Å². The number of nitrogens with two attached hydrogens (primary N) is 1. The molecule has 3 nitrogen and oxygen atoms in total. The highest BCUT2D eigenvalue weighted by Crippen LogP contribution is 2.31. The Kier molecular flexibility index (Phi) is 3.12. The molecule has 0 aliphatic heterocycles. The van der Waals surface area contributed by atoms with Crippen LogP contribution in [0.2, 0.25) is 0 Å². The summed E-state index contributed by atoms with van der Waals surface area (Å²) >= 11 is 1.71. The summed E-state index contributed by atoms with van der Waals surface area (Å²) in [5.41, 5.74) is 7.81. The Labute approximate surface area is 98.6 Å².